The Bertz CT molecular complexity index is 609. The summed E-state index contributed by atoms with van der Waals surface area (Å²) in [5.41, 5.74) is 1.46. The van der Waals surface area contributed by atoms with Gasteiger partial charge in [0, 0.05) is 0 Å². The summed E-state index contributed by atoms with van der Waals surface area (Å²) in [6.07, 6.45) is 0. The minimum atomic E-state index is -0.318. The van der Waals surface area contributed by atoms with Gasteiger partial charge in [0.25, 0.3) is 5.91 Å². The number of ether oxygens (including phenoxy) is 1. The second-order valence-corrected chi connectivity index (χ2v) is 5.06. The summed E-state index contributed by atoms with van der Waals surface area (Å²) in [6.45, 7) is 1.85. The number of benzene rings is 2. The summed E-state index contributed by atoms with van der Waals surface area (Å²) < 4.78 is 5.40. The Morgan fingerprint density at radius 3 is 2.45 bits per heavy atom. The largest absolute Gasteiger partial charge is 0.484 e. The van der Waals surface area contributed by atoms with Crippen LogP contribution in [0, 0.1) is 6.92 Å². The molecule has 0 unspecified atom stereocenters. The molecular weight excluding hydrogens is 297 g/mol. The smallest absolute Gasteiger partial charge is 0.262 e. The van der Waals surface area contributed by atoms with Crippen LogP contribution < -0.4 is 10.1 Å². The van der Waals surface area contributed by atoms with Crippen LogP contribution in [0.25, 0.3) is 0 Å². The monoisotopic (exact) mass is 309 g/mol. The Hall–Kier alpha value is -1.71. The van der Waals surface area contributed by atoms with E-state index >= 15 is 0 Å². The molecule has 0 aliphatic heterocycles. The normalized spacial score (nSPS) is 10.2. The fourth-order valence-electron chi connectivity index (χ4n) is 1.65. The van der Waals surface area contributed by atoms with Crippen LogP contribution in [0.3, 0.4) is 0 Å². The van der Waals surface area contributed by atoms with Gasteiger partial charge in [0.05, 0.1) is 15.7 Å². The molecule has 0 atom stereocenters. The van der Waals surface area contributed by atoms with E-state index in [2.05, 4.69) is 5.32 Å². The standard InChI is InChI=1S/C15H13Cl2NO2/c1-10-4-2-5-11(8-10)20-9-14(19)18-15-12(16)6-3-7-13(15)17/h2-8H,9H2,1H3,(H,18,19). The van der Waals surface area contributed by atoms with Crippen LogP contribution in [0.5, 0.6) is 5.75 Å². The number of carbonyl (C=O) groups is 1. The maximum Gasteiger partial charge on any atom is 0.262 e. The van der Waals surface area contributed by atoms with E-state index in [0.717, 1.165) is 5.56 Å². The molecule has 1 N–H and O–H groups in total. The fourth-order valence-corrected chi connectivity index (χ4v) is 2.14. The molecular formula is C15H13Cl2NO2. The second-order valence-electron chi connectivity index (χ2n) is 4.25. The molecule has 0 spiro atoms. The molecule has 0 aliphatic carbocycles. The van der Waals surface area contributed by atoms with Crippen molar-refractivity contribution in [3.8, 4) is 5.75 Å². The van der Waals surface area contributed by atoms with E-state index < -0.39 is 0 Å². The van der Waals surface area contributed by atoms with E-state index in [-0.39, 0.29) is 12.5 Å². The number of para-hydroxylation sites is 1. The molecule has 0 saturated heterocycles. The number of halogens is 2. The van der Waals surface area contributed by atoms with Gasteiger partial charge in [0.1, 0.15) is 5.75 Å². The first-order valence-electron chi connectivity index (χ1n) is 5.99. The quantitative estimate of drug-likeness (QED) is 0.913. The van der Waals surface area contributed by atoms with Crippen molar-refractivity contribution in [2.24, 2.45) is 0 Å². The fraction of sp³-hybridized carbons (Fsp3) is 0.133. The average molecular weight is 310 g/mol. The third-order valence-electron chi connectivity index (χ3n) is 2.59. The molecule has 20 heavy (non-hydrogen) atoms. The van der Waals surface area contributed by atoms with Crippen LogP contribution in [0.4, 0.5) is 5.69 Å². The minimum Gasteiger partial charge on any atom is -0.484 e. The molecule has 5 heteroatoms. The Morgan fingerprint density at radius 1 is 1.15 bits per heavy atom. The number of rotatable bonds is 4. The summed E-state index contributed by atoms with van der Waals surface area (Å²) in [4.78, 5) is 11.8. The van der Waals surface area contributed by atoms with Crippen molar-refractivity contribution in [1.29, 1.82) is 0 Å². The molecule has 0 aromatic heterocycles. The summed E-state index contributed by atoms with van der Waals surface area (Å²) in [7, 11) is 0. The molecule has 0 radical (unpaired) electrons. The van der Waals surface area contributed by atoms with Crippen molar-refractivity contribution in [2.45, 2.75) is 6.92 Å². The molecule has 0 bridgehead atoms. The molecule has 0 saturated carbocycles. The van der Waals surface area contributed by atoms with Crippen molar-refractivity contribution in [1.82, 2.24) is 0 Å². The highest BCUT2D eigenvalue weighted by Gasteiger charge is 2.10. The third-order valence-corrected chi connectivity index (χ3v) is 3.22. The summed E-state index contributed by atoms with van der Waals surface area (Å²) >= 11 is 11.9. The van der Waals surface area contributed by atoms with E-state index in [0.29, 0.717) is 21.5 Å². The summed E-state index contributed by atoms with van der Waals surface area (Å²) in [5, 5.41) is 3.42. The molecule has 0 fully saturated rings. The van der Waals surface area contributed by atoms with Gasteiger partial charge in [-0.15, -0.1) is 0 Å². The SMILES string of the molecule is Cc1cccc(OCC(=O)Nc2c(Cl)cccc2Cl)c1. The lowest BCUT2D eigenvalue weighted by atomic mass is 10.2. The average Bonchev–Trinajstić information content (AvgIpc) is 2.41. The minimum absolute atomic E-state index is 0.106. The van der Waals surface area contributed by atoms with Gasteiger partial charge in [0.15, 0.2) is 6.61 Å². The van der Waals surface area contributed by atoms with Crippen molar-refractivity contribution in [3.63, 3.8) is 0 Å². The predicted octanol–water partition coefficient (Wildman–Crippen LogP) is 4.32. The zero-order valence-electron chi connectivity index (χ0n) is 10.8. The van der Waals surface area contributed by atoms with Gasteiger partial charge in [-0.25, -0.2) is 0 Å². The van der Waals surface area contributed by atoms with Crippen LogP contribution in [-0.2, 0) is 4.79 Å². The molecule has 3 nitrogen and oxygen atoms in total. The number of nitrogens with one attached hydrogen (secondary N) is 1. The zero-order valence-corrected chi connectivity index (χ0v) is 12.3. The van der Waals surface area contributed by atoms with E-state index in [1.807, 2.05) is 25.1 Å². The Labute approximate surface area is 127 Å². The molecule has 2 aromatic carbocycles. The Morgan fingerprint density at radius 2 is 1.80 bits per heavy atom. The number of hydrogen-bond acceptors (Lipinski definition) is 2. The first-order chi connectivity index (χ1) is 9.56. The van der Waals surface area contributed by atoms with E-state index in [4.69, 9.17) is 27.9 Å². The first-order valence-corrected chi connectivity index (χ1v) is 6.75. The Balaban J connectivity index is 1.96. The van der Waals surface area contributed by atoms with Gasteiger partial charge in [-0.1, -0.05) is 41.4 Å². The van der Waals surface area contributed by atoms with Crippen molar-refractivity contribution in [2.75, 3.05) is 11.9 Å². The lowest BCUT2D eigenvalue weighted by Crippen LogP contribution is -2.20. The molecule has 104 valence electrons. The maximum atomic E-state index is 11.8. The number of anilines is 1. The highest BCUT2D eigenvalue weighted by atomic mass is 35.5. The van der Waals surface area contributed by atoms with Crippen molar-refractivity contribution >= 4 is 34.8 Å². The van der Waals surface area contributed by atoms with Gasteiger partial charge >= 0.3 is 0 Å². The van der Waals surface area contributed by atoms with Gasteiger partial charge in [0.2, 0.25) is 0 Å². The topological polar surface area (TPSA) is 38.3 Å². The van der Waals surface area contributed by atoms with Crippen LogP contribution in [-0.4, -0.2) is 12.5 Å². The molecule has 1 amide bonds. The van der Waals surface area contributed by atoms with E-state index in [1.54, 1.807) is 24.3 Å². The lowest BCUT2D eigenvalue weighted by Gasteiger charge is -2.10. The van der Waals surface area contributed by atoms with Crippen LogP contribution >= 0.6 is 23.2 Å². The highest BCUT2D eigenvalue weighted by Crippen LogP contribution is 2.29. The van der Waals surface area contributed by atoms with Crippen LogP contribution in [0.15, 0.2) is 42.5 Å². The Kier molecular flexibility index (Phi) is 4.88. The van der Waals surface area contributed by atoms with Crippen LogP contribution in [0.1, 0.15) is 5.56 Å². The molecule has 0 heterocycles. The van der Waals surface area contributed by atoms with Gasteiger partial charge < -0.3 is 10.1 Å². The highest BCUT2D eigenvalue weighted by molar-refractivity contribution is 6.39. The molecule has 2 rings (SSSR count). The molecule has 2 aromatic rings. The van der Waals surface area contributed by atoms with E-state index in [1.165, 1.54) is 0 Å². The second kappa shape index (κ2) is 6.64. The first kappa shape index (κ1) is 14.7. The third kappa shape index (κ3) is 3.89. The number of hydrogen-bond donors (Lipinski definition) is 1. The number of carbonyl (C=O) groups excluding carboxylic acids is 1. The van der Waals surface area contributed by atoms with Crippen molar-refractivity contribution in [3.05, 3.63) is 58.1 Å². The van der Waals surface area contributed by atoms with Gasteiger partial charge in [-0.2, -0.15) is 0 Å². The van der Waals surface area contributed by atoms with Gasteiger partial charge in [-0.05, 0) is 36.8 Å². The van der Waals surface area contributed by atoms with Crippen molar-refractivity contribution < 1.29 is 9.53 Å². The predicted molar refractivity (Wildman–Crippen MR) is 81.8 cm³/mol. The number of aryl methyl sites for hydroxylation is 1. The van der Waals surface area contributed by atoms with E-state index in [9.17, 15) is 4.79 Å². The lowest BCUT2D eigenvalue weighted by molar-refractivity contribution is -0.118. The maximum absolute atomic E-state index is 11.8. The van der Waals surface area contributed by atoms with Gasteiger partial charge in [-0.3, -0.25) is 4.79 Å². The zero-order chi connectivity index (χ0) is 14.5. The number of amides is 1. The molecule has 0 aliphatic rings. The summed E-state index contributed by atoms with van der Waals surface area (Å²) in [6, 6.07) is 12.5. The van der Waals surface area contributed by atoms with Crippen LogP contribution in [0.2, 0.25) is 10.0 Å². The summed E-state index contributed by atoms with van der Waals surface area (Å²) in [5.74, 6) is 0.326.